The maximum Gasteiger partial charge on any atom is 0.196 e. The van der Waals surface area contributed by atoms with Crippen molar-refractivity contribution >= 4 is 21.5 Å². The van der Waals surface area contributed by atoms with E-state index in [2.05, 4.69) is 4.99 Å². The molecular weight excluding hydrogens is 262 g/mol. The Bertz CT molecular complexity index is 654. The van der Waals surface area contributed by atoms with Gasteiger partial charge in [-0.3, -0.25) is 4.99 Å². The van der Waals surface area contributed by atoms with Crippen LogP contribution in [0.3, 0.4) is 0 Å². The number of benzene rings is 1. The number of nitrogens with zero attached hydrogens (tertiary/aromatic N) is 2. The lowest BCUT2D eigenvalue weighted by Gasteiger charge is -2.35. The zero-order valence-corrected chi connectivity index (χ0v) is 11.7. The topological polar surface area (TPSA) is 75.8 Å². The van der Waals surface area contributed by atoms with Crippen LogP contribution < -0.4 is 10.6 Å². The Morgan fingerprint density at radius 2 is 2.11 bits per heavy atom. The summed E-state index contributed by atoms with van der Waals surface area (Å²) in [5.41, 5.74) is 7.56. The van der Waals surface area contributed by atoms with Crippen molar-refractivity contribution in [2.75, 3.05) is 23.0 Å². The maximum atomic E-state index is 11.8. The molecule has 0 bridgehead atoms. The van der Waals surface area contributed by atoms with Crippen LogP contribution >= 0.6 is 0 Å². The van der Waals surface area contributed by atoms with Gasteiger partial charge in [-0.1, -0.05) is 18.2 Å². The SMILES string of the molecule is Cc1ccccc1N1C(N)=NCC12CCS(=O)(=O)C2. The van der Waals surface area contributed by atoms with Crippen LogP contribution in [-0.4, -0.2) is 38.0 Å². The van der Waals surface area contributed by atoms with Gasteiger partial charge in [-0.15, -0.1) is 0 Å². The van der Waals surface area contributed by atoms with Gasteiger partial charge >= 0.3 is 0 Å². The predicted octanol–water partition coefficient (Wildman–Crippen LogP) is 0.687. The molecule has 1 aromatic rings. The van der Waals surface area contributed by atoms with E-state index in [1.807, 2.05) is 36.1 Å². The Balaban J connectivity index is 2.08. The highest BCUT2D eigenvalue weighted by Crippen LogP contribution is 2.38. The van der Waals surface area contributed by atoms with Gasteiger partial charge in [0.2, 0.25) is 0 Å². The molecule has 1 saturated heterocycles. The average Bonchev–Trinajstić information content (AvgIpc) is 2.82. The molecule has 0 saturated carbocycles. The van der Waals surface area contributed by atoms with Crippen LogP contribution in [0, 0.1) is 6.92 Å². The Kier molecular flexibility index (Phi) is 2.60. The number of para-hydroxylation sites is 1. The lowest BCUT2D eigenvalue weighted by molar-refractivity contribution is 0.512. The molecule has 2 aliphatic heterocycles. The van der Waals surface area contributed by atoms with Gasteiger partial charge in [0.1, 0.15) is 0 Å². The van der Waals surface area contributed by atoms with Gasteiger partial charge in [-0.25, -0.2) is 8.42 Å². The lowest BCUT2D eigenvalue weighted by atomic mass is 9.96. The molecule has 2 aliphatic rings. The van der Waals surface area contributed by atoms with Crippen LogP contribution in [0.5, 0.6) is 0 Å². The number of aliphatic imine (C=N–C) groups is 1. The highest BCUT2D eigenvalue weighted by molar-refractivity contribution is 7.91. The van der Waals surface area contributed by atoms with Crippen molar-refractivity contribution < 1.29 is 8.42 Å². The zero-order chi connectivity index (χ0) is 13.7. The molecule has 0 aromatic heterocycles. The van der Waals surface area contributed by atoms with E-state index in [0.717, 1.165) is 11.3 Å². The molecule has 2 N–H and O–H groups in total. The van der Waals surface area contributed by atoms with Crippen LogP contribution in [0.1, 0.15) is 12.0 Å². The number of aryl methyl sites for hydroxylation is 1. The molecule has 5 nitrogen and oxygen atoms in total. The quantitative estimate of drug-likeness (QED) is 0.820. The van der Waals surface area contributed by atoms with E-state index in [9.17, 15) is 8.42 Å². The van der Waals surface area contributed by atoms with Crippen molar-refractivity contribution in [3.8, 4) is 0 Å². The second kappa shape index (κ2) is 3.96. The van der Waals surface area contributed by atoms with Gasteiger partial charge in [0.15, 0.2) is 15.8 Å². The van der Waals surface area contributed by atoms with Crippen molar-refractivity contribution in [3.05, 3.63) is 29.8 Å². The van der Waals surface area contributed by atoms with E-state index in [1.54, 1.807) is 0 Å². The Hall–Kier alpha value is -1.56. The van der Waals surface area contributed by atoms with Crippen LogP contribution in [0.2, 0.25) is 0 Å². The average molecular weight is 279 g/mol. The van der Waals surface area contributed by atoms with E-state index in [-0.39, 0.29) is 11.5 Å². The predicted molar refractivity (Wildman–Crippen MR) is 76.1 cm³/mol. The van der Waals surface area contributed by atoms with Gasteiger partial charge in [0, 0.05) is 5.69 Å². The molecule has 0 aliphatic carbocycles. The third-order valence-electron chi connectivity index (χ3n) is 3.96. The summed E-state index contributed by atoms with van der Waals surface area (Å²) in [7, 11) is -2.99. The number of rotatable bonds is 1. The largest absolute Gasteiger partial charge is 0.369 e. The van der Waals surface area contributed by atoms with Crippen molar-refractivity contribution in [2.45, 2.75) is 18.9 Å². The van der Waals surface area contributed by atoms with Gasteiger partial charge in [-0.05, 0) is 25.0 Å². The summed E-state index contributed by atoms with van der Waals surface area (Å²) in [6, 6.07) is 7.86. The van der Waals surface area contributed by atoms with E-state index in [0.29, 0.717) is 18.9 Å². The molecule has 0 amide bonds. The first-order valence-electron chi connectivity index (χ1n) is 6.30. The summed E-state index contributed by atoms with van der Waals surface area (Å²) >= 11 is 0. The molecule has 1 aromatic carbocycles. The molecule has 1 atom stereocenters. The molecule has 19 heavy (non-hydrogen) atoms. The van der Waals surface area contributed by atoms with Gasteiger partial charge in [0.05, 0.1) is 23.6 Å². The number of sulfone groups is 1. The number of hydrogen-bond acceptors (Lipinski definition) is 5. The van der Waals surface area contributed by atoms with E-state index < -0.39 is 15.4 Å². The zero-order valence-electron chi connectivity index (χ0n) is 10.8. The first kappa shape index (κ1) is 12.5. The summed E-state index contributed by atoms with van der Waals surface area (Å²) in [6.45, 7) is 2.46. The first-order chi connectivity index (χ1) is 8.94. The summed E-state index contributed by atoms with van der Waals surface area (Å²) in [5.74, 6) is 0.780. The number of anilines is 1. The second-order valence-corrected chi connectivity index (χ2v) is 7.55. The fourth-order valence-corrected chi connectivity index (χ4v) is 5.02. The fraction of sp³-hybridized carbons (Fsp3) is 0.462. The first-order valence-corrected chi connectivity index (χ1v) is 8.12. The standard InChI is InChI=1S/C13H17N3O2S/c1-10-4-2-3-5-11(10)16-12(14)15-8-13(16)6-7-19(17,18)9-13/h2-5H,6-9H2,1H3,(H2,14,15). The molecule has 1 fully saturated rings. The maximum absolute atomic E-state index is 11.8. The number of hydrogen-bond donors (Lipinski definition) is 1. The highest BCUT2D eigenvalue weighted by Gasteiger charge is 2.51. The molecule has 2 heterocycles. The Labute approximate surface area is 113 Å². The van der Waals surface area contributed by atoms with Gasteiger partial charge < -0.3 is 10.6 Å². The molecule has 1 unspecified atom stereocenters. The third kappa shape index (κ3) is 1.90. The summed E-state index contributed by atoms with van der Waals surface area (Å²) in [6.07, 6.45) is 0.591. The minimum absolute atomic E-state index is 0.137. The lowest BCUT2D eigenvalue weighted by Crippen LogP contribution is -2.53. The van der Waals surface area contributed by atoms with E-state index >= 15 is 0 Å². The fourth-order valence-electron chi connectivity index (χ4n) is 3.01. The Morgan fingerprint density at radius 3 is 2.74 bits per heavy atom. The smallest absolute Gasteiger partial charge is 0.196 e. The van der Waals surface area contributed by atoms with Crippen LogP contribution in [0.15, 0.2) is 29.3 Å². The molecule has 0 radical (unpaired) electrons. The number of nitrogens with two attached hydrogens (primary N) is 1. The van der Waals surface area contributed by atoms with Gasteiger partial charge in [0.25, 0.3) is 0 Å². The van der Waals surface area contributed by atoms with Crippen LogP contribution in [0.25, 0.3) is 0 Å². The summed E-state index contributed by atoms with van der Waals surface area (Å²) in [5, 5.41) is 0. The minimum Gasteiger partial charge on any atom is -0.369 e. The second-order valence-electron chi connectivity index (χ2n) is 5.36. The van der Waals surface area contributed by atoms with Crippen molar-refractivity contribution in [1.82, 2.24) is 0 Å². The van der Waals surface area contributed by atoms with Crippen molar-refractivity contribution in [2.24, 2.45) is 10.7 Å². The van der Waals surface area contributed by atoms with E-state index in [4.69, 9.17) is 5.73 Å². The Morgan fingerprint density at radius 1 is 1.37 bits per heavy atom. The molecule has 1 spiro atoms. The summed E-state index contributed by atoms with van der Waals surface area (Å²) in [4.78, 5) is 6.22. The molecule has 3 rings (SSSR count). The number of guanidine groups is 1. The molecular formula is C13H17N3O2S. The normalized spacial score (nSPS) is 28.9. The van der Waals surface area contributed by atoms with Crippen molar-refractivity contribution in [3.63, 3.8) is 0 Å². The molecule has 102 valence electrons. The van der Waals surface area contributed by atoms with Gasteiger partial charge in [-0.2, -0.15) is 0 Å². The van der Waals surface area contributed by atoms with Crippen LogP contribution in [-0.2, 0) is 9.84 Å². The minimum atomic E-state index is -2.99. The van der Waals surface area contributed by atoms with E-state index in [1.165, 1.54) is 0 Å². The third-order valence-corrected chi connectivity index (χ3v) is 5.77. The van der Waals surface area contributed by atoms with Crippen molar-refractivity contribution in [1.29, 1.82) is 0 Å². The summed E-state index contributed by atoms with van der Waals surface area (Å²) < 4.78 is 23.7. The van der Waals surface area contributed by atoms with Crippen LogP contribution in [0.4, 0.5) is 5.69 Å². The molecule has 6 heteroatoms. The highest BCUT2D eigenvalue weighted by atomic mass is 32.2. The monoisotopic (exact) mass is 279 g/mol.